The number of hydrogen-bond acceptors (Lipinski definition) is 4. The number of carbonyl (C=O) groups excluding carboxylic acids is 1. The van der Waals surface area contributed by atoms with Crippen LogP contribution in [0.2, 0.25) is 0 Å². The number of halogens is 1. The van der Waals surface area contributed by atoms with E-state index in [2.05, 4.69) is 10.4 Å². The Morgan fingerprint density at radius 3 is 2.63 bits per heavy atom. The third-order valence-electron chi connectivity index (χ3n) is 2.75. The number of rotatable bonds is 6. The van der Waals surface area contributed by atoms with Gasteiger partial charge in [-0.15, -0.1) is 0 Å². The highest BCUT2D eigenvalue weighted by Crippen LogP contribution is 2.15. The predicted octanol–water partition coefficient (Wildman–Crippen LogP) is 1.68. The Hall–Kier alpha value is -1.08. The molecule has 0 fully saturated rings. The first kappa shape index (κ1) is 16.0. The zero-order valence-corrected chi connectivity index (χ0v) is 12.7. The van der Waals surface area contributed by atoms with Crippen LogP contribution in [0.1, 0.15) is 39.7 Å². The maximum Gasteiger partial charge on any atom is 0.264 e. The van der Waals surface area contributed by atoms with E-state index in [4.69, 9.17) is 10.7 Å². The van der Waals surface area contributed by atoms with Crippen molar-refractivity contribution in [3.05, 3.63) is 12.4 Å². The Bertz CT molecular complexity index is 541. The third-order valence-corrected chi connectivity index (χ3v) is 4.05. The average Bonchev–Trinajstić information content (AvgIpc) is 2.76. The Balaban J connectivity index is 2.75. The van der Waals surface area contributed by atoms with Gasteiger partial charge in [0.15, 0.2) is 0 Å². The van der Waals surface area contributed by atoms with E-state index in [1.165, 1.54) is 10.9 Å². The lowest BCUT2D eigenvalue weighted by atomic mass is 10.2. The standard InChI is InChI=1S/C11H18ClN3O3S/c1-4-5-8(2)14-11(16)9(3)15-7-10(6-13-15)19(12,17)18/h6-9H,4-5H2,1-3H3,(H,14,16). The first-order valence-electron chi connectivity index (χ1n) is 6.05. The van der Waals surface area contributed by atoms with Gasteiger partial charge in [-0.05, 0) is 20.3 Å². The van der Waals surface area contributed by atoms with Crippen molar-refractivity contribution in [2.24, 2.45) is 0 Å². The monoisotopic (exact) mass is 307 g/mol. The zero-order chi connectivity index (χ0) is 14.6. The molecule has 2 atom stereocenters. The van der Waals surface area contributed by atoms with Crippen LogP contribution < -0.4 is 5.32 Å². The quantitative estimate of drug-likeness (QED) is 0.811. The van der Waals surface area contributed by atoms with Crippen LogP contribution in [-0.2, 0) is 13.8 Å². The maximum absolute atomic E-state index is 11.9. The van der Waals surface area contributed by atoms with E-state index in [0.29, 0.717) is 0 Å². The molecule has 0 spiro atoms. The van der Waals surface area contributed by atoms with Crippen LogP contribution in [0.3, 0.4) is 0 Å². The zero-order valence-electron chi connectivity index (χ0n) is 11.1. The summed E-state index contributed by atoms with van der Waals surface area (Å²) >= 11 is 0. The molecule has 0 aromatic carbocycles. The molecule has 6 nitrogen and oxygen atoms in total. The van der Waals surface area contributed by atoms with Crippen LogP contribution in [0, 0.1) is 0 Å². The average molecular weight is 308 g/mol. The minimum Gasteiger partial charge on any atom is -0.352 e. The summed E-state index contributed by atoms with van der Waals surface area (Å²) in [5.74, 6) is -0.206. The SMILES string of the molecule is CCCC(C)NC(=O)C(C)n1cc(S(=O)(=O)Cl)cn1. The molecule has 8 heteroatoms. The van der Waals surface area contributed by atoms with Crippen molar-refractivity contribution in [2.75, 3.05) is 0 Å². The molecule has 0 saturated carbocycles. The Morgan fingerprint density at radius 2 is 2.16 bits per heavy atom. The number of nitrogens with one attached hydrogen (secondary N) is 1. The molecule has 0 radical (unpaired) electrons. The molecule has 0 aliphatic carbocycles. The van der Waals surface area contributed by atoms with Crippen LogP contribution in [-0.4, -0.2) is 30.1 Å². The summed E-state index contributed by atoms with van der Waals surface area (Å²) in [4.78, 5) is 11.8. The molecule has 1 heterocycles. The summed E-state index contributed by atoms with van der Waals surface area (Å²) in [5.41, 5.74) is 0. The van der Waals surface area contributed by atoms with Crippen molar-refractivity contribution >= 4 is 25.6 Å². The smallest absolute Gasteiger partial charge is 0.264 e. The van der Waals surface area contributed by atoms with Crippen LogP contribution in [0.4, 0.5) is 0 Å². The second-order valence-corrected chi connectivity index (χ2v) is 7.03. The van der Waals surface area contributed by atoms with Gasteiger partial charge < -0.3 is 5.32 Å². The molecule has 19 heavy (non-hydrogen) atoms. The van der Waals surface area contributed by atoms with E-state index in [1.807, 2.05) is 13.8 Å². The minimum absolute atomic E-state index is 0.0757. The molecule has 1 N–H and O–H groups in total. The van der Waals surface area contributed by atoms with Gasteiger partial charge in [-0.1, -0.05) is 13.3 Å². The molecule has 1 aromatic heterocycles. The number of carbonyl (C=O) groups is 1. The third kappa shape index (κ3) is 4.50. The first-order valence-corrected chi connectivity index (χ1v) is 8.35. The lowest BCUT2D eigenvalue weighted by molar-refractivity contribution is -0.124. The molecule has 1 rings (SSSR count). The van der Waals surface area contributed by atoms with E-state index in [9.17, 15) is 13.2 Å². The minimum atomic E-state index is -3.82. The fraction of sp³-hybridized carbons (Fsp3) is 0.636. The van der Waals surface area contributed by atoms with E-state index >= 15 is 0 Å². The Labute approximate surface area is 117 Å². The molecule has 0 saturated heterocycles. The number of aromatic nitrogens is 2. The fourth-order valence-electron chi connectivity index (χ4n) is 1.65. The lowest BCUT2D eigenvalue weighted by Gasteiger charge is -2.17. The van der Waals surface area contributed by atoms with Crippen molar-refractivity contribution in [2.45, 2.75) is 50.6 Å². The summed E-state index contributed by atoms with van der Waals surface area (Å²) in [7, 11) is 1.38. The molecule has 1 aromatic rings. The van der Waals surface area contributed by atoms with Gasteiger partial charge in [0, 0.05) is 22.9 Å². The summed E-state index contributed by atoms with van der Waals surface area (Å²) < 4.78 is 23.5. The van der Waals surface area contributed by atoms with Crippen molar-refractivity contribution in [1.82, 2.24) is 15.1 Å². The maximum atomic E-state index is 11.9. The predicted molar refractivity (Wildman–Crippen MR) is 72.5 cm³/mol. The van der Waals surface area contributed by atoms with Crippen LogP contribution >= 0.6 is 10.7 Å². The van der Waals surface area contributed by atoms with Crippen LogP contribution in [0.15, 0.2) is 17.3 Å². The summed E-state index contributed by atoms with van der Waals surface area (Å²) in [6.45, 7) is 5.61. The molecule has 0 aliphatic heterocycles. The molecule has 0 bridgehead atoms. The summed E-state index contributed by atoms with van der Waals surface area (Å²) in [5, 5.41) is 6.69. The normalized spacial score (nSPS) is 14.9. The van der Waals surface area contributed by atoms with Gasteiger partial charge in [0.05, 0.1) is 6.20 Å². The Kier molecular flexibility index (Phi) is 5.37. The van der Waals surface area contributed by atoms with Gasteiger partial charge in [-0.2, -0.15) is 5.10 Å². The van der Waals surface area contributed by atoms with Gasteiger partial charge in [-0.3, -0.25) is 9.48 Å². The first-order chi connectivity index (χ1) is 8.75. The topological polar surface area (TPSA) is 81.1 Å². The van der Waals surface area contributed by atoms with Gasteiger partial charge in [-0.25, -0.2) is 8.42 Å². The van der Waals surface area contributed by atoms with Gasteiger partial charge in [0.25, 0.3) is 9.05 Å². The van der Waals surface area contributed by atoms with Gasteiger partial charge >= 0.3 is 0 Å². The highest BCUT2D eigenvalue weighted by atomic mass is 35.7. The number of hydrogen-bond donors (Lipinski definition) is 1. The van der Waals surface area contributed by atoms with Crippen molar-refractivity contribution in [3.63, 3.8) is 0 Å². The number of nitrogens with zero attached hydrogens (tertiary/aromatic N) is 2. The van der Waals surface area contributed by atoms with Crippen molar-refractivity contribution < 1.29 is 13.2 Å². The highest BCUT2D eigenvalue weighted by Gasteiger charge is 2.20. The van der Waals surface area contributed by atoms with Crippen LogP contribution in [0.5, 0.6) is 0 Å². The van der Waals surface area contributed by atoms with Crippen molar-refractivity contribution in [3.8, 4) is 0 Å². The Morgan fingerprint density at radius 1 is 1.53 bits per heavy atom. The van der Waals surface area contributed by atoms with E-state index in [0.717, 1.165) is 19.0 Å². The van der Waals surface area contributed by atoms with E-state index in [-0.39, 0.29) is 16.8 Å². The molecule has 0 aliphatic rings. The second-order valence-electron chi connectivity index (χ2n) is 4.47. The molecule has 1 amide bonds. The number of amides is 1. The second kappa shape index (κ2) is 6.38. The summed E-state index contributed by atoms with van der Waals surface area (Å²) in [6, 6.07) is -0.516. The van der Waals surface area contributed by atoms with Crippen LogP contribution in [0.25, 0.3) is 0 Å². The largest absolute Gasteiger partial charge is 0.352 e. The summed E-state index contributed by atoms with van der Waals surface area (Å²) in [6.07, 6.45) is 4.24. The molecular weight excluding hydrogens is 290 g/mol. The molecule has 108 valence electrons. The van der Waals surface area contributed by atoms with E-state index in [1.54, 1.807) is 6.92 Å². The molecular formula is C11H18ClN3O3S. The van der Waals surface area contributed by atoms with Gasteiger partial charge in [0.1, 0.15) is 10.9 Å². The van der Waals surface area contributed by atoms with Gasteiger partial charge in [0.2, 0.25) is 5.91 Å². The lowest BCUT2D eigenvalue weighted by Crippen LogP contribution is -2.37. The van der Waals surface area contributed by atoms with Crippen molar-refractivity contribution in [1.29, 1.82) is 0 Å². The van der Waals surface area contributed by atoms with E-state index < -0.39 is 15.1 Å². The highest BCUT2D eigenvalue weighted by molar-refractivity contribution is 8.13. The fourth-order valence-corrected chi connectivity index (χ4v) is 2.29. The molecule has 2 unspecified atom stereocenters.